The number of rotatable bonds is 5. The van der Waals surface area contributed by atoms with Crippen LogP contribution in [0.1, 0.15) is 40.7 Å². The third-order valence-corrected chi connectivity index (χ3v) is 5.70. The van der Waals surface area contributed by atoms with Crippen LogP contribution in [0.5, 0.6) is 11.5 Å². The number of aromatic nitrogens is 2. The molecule has 1 aliphatic rings. The van der Waals surface area contributed by atoms with Crippen LogP contribution in [-0.2, 0) is 7.05 Å². The summed E-state index contributed by atoms with van der Waals surface area (Å²) in [4.78, 5) is 27.4. The molecule has 1 aromatic heterocycles. The van der Waals surface area contributed by atoms with Crippen molar-refractivity contribution < 1.29 is 9.53 Å². The summed E-state index contributed by atoms with van der Waals surface area (Å²) >= 11 is 0. The van der Waals surface area contributed by atoms with Crippen molar-refractivity contribution in [3.8, 4) is 11.5 Å². The molecule has 32 heavy (non-hydrogen) atoms. The minimum atomic E-state index is -0.305. The molecule has 0 spiro atoms. The Balaban J connectivity index is 1.57. The monoisotopic (exact) mass is 432 g/mol. The van der Waals surface area contributed by atoms with E-state index in [2.05, 4.69) is 10.4 Å². The Morgan fingerprint density at radius 1 is 1.00 bits per heavy atom. The molecule has 0 saturated carbocycles. The number of anilines is 2. The quantitative estimate of drug-likeness (QED) is 0.640. The Hall–Kier alpha value is -3.61. The number of amides is 1. The standard InChI is InChI=1S/C25H28N4O3/c1-17-7-12-21(18(2)15-17)32-22-16-26-28(3)25(31)23(22)27-20-10-8-19(9-11-20)24(30)29-13-5-4-6-14-29/h7-12,15-16,27H,4-6,13-14H2,1-3H3. The first-order chi connectivity index (χ1) is 15.4. The second-order valence-electron chi connectivity index (χ2n) is 8.24. The zero-order chi connectivity index (χ0) is 22.7. The minimum Gasteiger partial charge on any atom is -0.453 e. The number of hydrogen-bond acceptors (Lipinski definition) is 5. The Morgan fingerprint density at radius 3 is 2.41 bits per heavy atom. The third-order valence-electron chi connectivity index (χ3n) is 5.70. The molecule has 0 atom stereocenters. The average Bonchev–Trinajstić information content (AvgIpc) is 2.81. The van der Waals surface area contributed by atoms with Crippen LogP contribution in [0.15, 0.2) is 53.5 Å². The lowest BCUT2D eigenvalue weighted by Gasteiger charge is -2.26. The van der Waals surface area contributed by atoms with E-state index < -0.39 is 0 Å². The fourth-order valence-electron chi connectivity index (χ4n) is 3.87. The molecule has 1 saturated heterocycles. The van der Waals surface area contributed by atoms with Crippen LogP contribution >= 0.6 is 0 Å². The van der Waals surface area contributed by atoms with Crippen molar-refractivity contribution in [3.63, 3.8) is 0 Å². The highest BCUT2D eigenvalue weighted by Crippen LogP contribution is 2.30. The summed E-state index contributed by atoms with van der Waals surface area (Å²) in [5.41, 5.74) is 3.42. The van der Waals surface area contributed by atoms with Gasteiger partial charge in [0.1, 0.15) is 5.75 Å². The minimum absolute atomic E-state index is 0.0509. The number of benzene rings is 2. The normalized spacial score (nSPS) is 13.7. The van der Waals surface area contributed by atoms with Crippen LogP contribution in [0.2, 0.25) is 0 Å². The zero-order valence-electron chi connectivity index (χ0n) is 18.7. The lowest BCUT2D eigenvalue weighted by molar-refractivity contribution is 0.0724. The number of aryl methyl sites for hydroxylation is 3. The van der Waals surface area contributed by atoms with Crippen molar-refractivity contribution in [3.05, 3.63) is 75.7 Å². The Kier molecular flexibility index (Phi) is 6.25. The molecule has 2 heterocycles. The summed E-state index contributed by atoms with van der Waals surface area (Å²) in [6, 6.07) is 13.0. The van der Waals surface area contributed by atoms with Crippen LogP contribution in [0.3, 0.4) is 0 Å². The SMILES string of the molecule is Cc1ccc(Oc2cnn(C)c(=O)c2Nc2ccc(C(=O)N3CCCCC3)cc2)c(C)c1. The third kappa shape index (κ3) is 4.66. The van der Waals surface area contributed by atoms with E-state index >= 15 is 0 Å². The first kappa shape index (κ1) is 21.6. The highest BCUT2D eigenvalue weighted by molar-refractivity contribution is 5.94. The maximum absolute atomic E-state index is 12.8. The molecule has 0 bridgehead atoms. The first-order valence-electron chi connectivity index (χ1n) is 10.9. The molecular weight excluding hydrogens is 404 g/mol. The van der Waals surface area contributed by atoms with E-state index in [1.54, 1.807) is 31.3 Å². The second kappa shape index (κ2) is 9.26. The predicted octanol–water partition coefficient (Wildman–Crippen LogP) is 4.56. The average molecular weight is 433 g/mol. The van der Waals surface area contributed by atoms with Crippen LogP contribution in [0, 0.1) is 13.8 Å². The fraction of sp³-hybridized carbons (Fsp3) is 0.320. The summed E-state index contributed by atoms with van der Waals surface area (Å²) in [5.74, 6) is 1.06. The largest absolute Gasteiger partial charge is 0.453 e. The number of hydrogen-bond donors (Lipinski definition) is 1. The van der Waals surface area contributed by atoms with E-state index in [1.165, 1.54) is 17.3 Å². The van der Waals surface area contributed by atoms with Crippen molar-refractivity contribution in [1.82, 2.24) is 14.7 Å². The van der Waals surface area contributed by atoms with Crippen molar-refractivity contribution in [1.29, 1.82) is 0 Å². The molecule has 7 heteroatoms. The number of carbonyl (C=O) groups excluding carboxylic acids is 1. The Bertz CT molecular complexity index is 1180. The van der Waals surface area contributed by atoms with Gasteiger partial charge in [0.05, 0.1) is 6.20 Å². The molecule has 2 aromatic carbocycles. The van der Waals surface area contributed by atoms with E-state index in [9.17, 15) is 9.59 Å². The van der Waals surface area contributed by atoms with Gasteiger partial charge in [-0.1, -0.05) is 17.7 Å². The molecule has 0 aliphatic carbocycles. The predicted molar refractivity (Wildman–Crippen MR) is 125 cm³/mol. The molecule has 0 radical (unpaired) electrons. The lowest BCUT2D eigenvalue weighted by atomic mass is 10.1. The van der Waals surface area contributed by atoms with E-state index in [0.29, 0.717) is 22.7 Å². The summed E-state index contributed by atoms with van der Waals surface area (Å²) < 4.78 is 7.30. The molecule has 1 fully saturated rings. The van der Waals surface area contributed by atoms with E-state index in [1.807, 2.05) is 36.9 Å². The van der Waals surface area contributed by atoms with Gasteiger partial charge in [-0.25, -0.2) is 4.68 Å². The van der Waals surface area contributed by atoms with Crippen molar-refractivity contribution >= 4 is 17.3 Å². The van der Waals surface area contributed by atoms with Crippen molar-refractivity contribution in [2.75, 3.05) is 18.4 Å². The summed E-state index contributed by atoms with van der Waals surface area (Å²) in [5, 5.41) is 7.26. The van der Waals surface area contributed by atoms with Gasteiger partial charge in [-0.2, -0.15) is 5.10 Å². The van der Waals surface area contributed by atoms with Crippen molar-refractivity contribution in [2.24, 2.45) is 7.05 Å². The highest BCUT2D eigenvalue weighted by atomic mass is 16.5. The molecule has 7 nitrogen and oxygen atoms in total. The van der Waals surface area contributed by atoms with Gasteiger partial charge >= 0.3 is 0 Å². The number of carbonyl (C=O) groups is 1. The first-order valence-corrected chi connectivity index (χ1v) is 10.9. The highest BCUT2D eigenvalue weighted by Gasteiger charge is 2.18. The van der Waals surface area contributed by atoms with E-state index in [0.717, 1.165) is 37.1 Å². The van der Waals surface area contributed by atoms with Gasteiger partial charge in [-0.3, -0.25) is 9.59 Å². The molecule has 1 aliphatic heterocycles. The van der Waals surface area contributed by atoms with Crippen LogP contribution < -0.4 is 15.6 Å². The Morgan fingerprint density at radius 2 is 1.72 bits per heavy atom. The second-order valence-corrected chi connectivity index (χ2v) is 8.24. The van der Waals surface area contributed by atoms with Gasteiger partial charge in [0, 0.05) is 31.4 Å². The summed E-state index contributed by atoms with van der Waals surface area (Å²) in [6.07, 6.45) is 4.82. The molecular formula is C25H28N4O3. The molecule has 1 N–H and O–H groups in total. The number of ether oxygens (including phenoxy) is 1. The van der Waals surface area contributed by atoms with Gasteiger partial charge in [-0.05, 0) is 69.0 Å². The molecule has 0 unspecified atom stereocenters. The fourth-order valence-corrected chi connectivity index (χ4v) is 3.87. The number of piperidine rings is 1. The molecule has 4 rings (SSSR count). The maximum Gasteiger partial charge on any atom is 0.294 e. The Labute approximate surface area is 187 Å². The topological polar surface area (TPSA) is 76.5 Å². The zero-order valence-corrected chi connectivity index (χ0v) is 18.7. The van der Waals surface area contributed by atoms with Crippen LogP contribution in [0.4, 0.5) is 11.4 Å². The van der Waals surface area contributed by atoms with Gasteiger partial charge in [0.25, 0.3) is 11.5 Å². The van der Waals surface area contributed by atoms with Gasteiger partial charge in [-0.15, -0.1) is 0 Å². The van der Waals surface area contributed by atoms with E-state index in [4.69, 9.17) is 4.74 Å². The molecule has 1 amide bonds. The van der Waals surface area contributed by atoms with Crippen LogP contribution in [0.25, 0.3) is 0 Å². The van der Waals surface area contributed by atoms with Crippen molar-refractivity contribution in [2.45, 2.75) is 33.1 Å². The van der Waals surface area contributed by atoms with Crippen LogP contribution in [-0.4, -0.2) is 33.7 Å². The van der Waals surface area contributed by atoms with Gasteiger partial charge in [0.15, 0.2) is 11.4 Å². The number of nitrogens with one attached hydrogen (secondary N) is 1. The number of nitrogens with zero attached hydrogens (tertiary/aromatic N) is 3. The molecule has 3 aromatic rings. The number of likely N-dealkylation sites (tertiary alicyclic amines) is 1. The van der Waals surface area contributed by atoms with Gasteiger partial charge in [0.2, 0.25) is 0 Å². The lowest BCUT2D eigenvalue weighted by Crippen LogP contribution is -2.35. The summed E-state index contributed by atoms with van der Waals surface area (Å²) in [6.45, 7) is 5.60. The smallest absolute Gasteiger partial charge is 0.294 e. The maximum atomic E-state index is 12.8. The van der Waals surface area contributed by atoms with E-state index in [-0.39, 0.29) is 17.2 Å². The van der Waals surface area contributed by atoms with Gasteiger partial charge < -0.3 is 15.0 Å². The molecule has 166 valence electrons. The summed E-state index contributed by atoms with van der Waals surface area (Å²) in [7, 11) is 1.59.